The van der Waals surface area contributed by atoms with E-state index in [2.05, 4.69) is 31.4 Å². The number of hydrogen-bond acceptors (Lipinski definition) is 9. The molecule has 0 radical (unpaired) electrons. The zero-order chi connectivity index (χ0) is 27.1. The maximum atomic E-state index is 13.7. The van der Waals surface area contributed by atoms with E-state index in [1.54, 1.807) is 11.0 Å². The number of carbonyl (C=O) groups excluding carboxylic acids is 1. The first-order chi connectivity index (χ1) is 17.2. The van der Waals surface area contributed by atoms with Gasteiger partial charge in [-0.25, -0.2) is 24.6 Å². The first-order valence-corrected chi connectivity index (χ1v) is 12.7. The van der Waals surface area contributed by atoms with Gasteiger partial charge in [0.1, 0.15) is 17.1 Å². The van der Waals surface area contributed by atoms with Crippen LogP contribution < -0.4 is 11.2 Å². The molecule has 4 rings (SSSR count). The Hall–Kier alpha value is -2.83. The second kappa shape index (κ2) is 10.1. The van der Waals surface area contributed by atoms with Gasteiger partial charge in [0.05, 0.1) is 42.2 Å². The van der Waals surface area contributed by atoms with Gasteiger partial charge in [0.15, 0.2) is 5.84 Å². The summed E-state index contributed by atoms with van der Waals surface area (Å²) in [5.41, 5.74) is 10.2. The van der Waals surface area contributed by atoms with Gasteiger partial charge in [0.2, 0.25) is 5.95 Å². The quantitative estimate of drug-likeness (QED) is 0.517. The van der Waals surface area contributed by atoms with Crippen molar-refractivity contribution in [3.05, 3.63) is 51.0 Å². The number of halogens is 2. The SMILES string of the molecule is Cc1nc(N)nc2c1C(NOCC1COC(C)(C)N1C(=O)OC(C)(C)C)=NC(c1ccc(F)cc1Br)C2. The van der Waals surface area contributed by atoms with Crippen LogP contribution in [0.5, 0.6) is 0 Å². The van der Waals surface area contributed by atoms with Gasteiger partial charge in [-0.05, 0) is 59.2 Å². The lowest BCUT2D eigenvalue weighted by Gasteiger charge is -2.35. The Kier molecular flexibility index (Phi) is 7.46. The number of nitrogens with one attached hydrogen (secondary N) is 1. The third kappa shape index (κ3) is 6.02. The second-order valence-electron chi connectivity index (χ2n) is 10.5. The van der Waals surface area contributed by atoms with Gasteiger partial charge >= 0.3 is 6.09 Å². The zero-order valence-electron chi connectivity index (χ0n) is 21.8. The molecule has 12 heteroatoms. The first kappa shape index (κ1) is 27.2. The third-order valence-corrected chi connectivity index (χ3v) is 6.71. The van der Waals surface area contributed by atoms with Crippen LogP contribution in [0.4, 0.5) is 15.1 Å². The Balaban J connectivity index is 1.56. The third-order valence-electron chi connectivity index (χ3n) is 6.02. The molecule has 2 aliphatic heterocycles. The first-order valence-electron chi connectivity index (χ1n) is 12.0. The number of hydroxylamine groups is 1. The van der Waals surface area contributed by atoms with Crippen molar-refractivity contribution in [2.24, 2.45) is 4.99 Å². The average molecular weight is 579 g/mol. The van der Waals surface area contributed by atoms with E-state index in [0.29, 0.717) is 33.7 Å². The maximum absolute atomic E-state index is 13.7. The van der Waals surface area contributed by atoms with E-state index in [-0.39, 0.29) is 31.0 Å². The Morgan fingerprint density at radius 2 is 2.08 bits per heavy atom. The summed E-state index contributed by atoms with van der Waals surface area (Å²) < 4.78 is 25.7. The Bertz CT molecular complexity index is 1230. The molecule has 0 spiro atoms. The number of aliphatic imine (C=N–C) groups is 1. The molecule has 1 aromatic heterocycles. The number of nitrogens with zero attached hydrogens (tertiary/aromatic N) is 4. The fourth-order valence-electron chi connectivity index (χ4n) is 4.48. The van der Waals surface area contributed by atoms with Crippen LogP contribution in [-0.2, 0) is 20.7 Å². The lowest BCUT2D eigenvalue weighted by molar-refractivity contribution is -0.0668. The number of aromatic nitrogens is 2. The molecule has 37 heavy (non-hydrogen) atoms. The van der Waals surface area contributed by atoms with Gasteiger partial charge in [0.25, 0.3) is 0 Å². The number of carbonyl (C=O) groups is 1. The van der Waals surface area contributed by atoms with E-state index in [9.17, 15) is 9.18 Å². The Labute approximate surface area is 223 Å². The topological polar surface area (TPSA) is 124 Å². The molecule has 1 aromatic carbocycles. The summed E-state index contributed by atoms with van der Waals surface area (Å²) in [6, 6.07) is 3.71. The molecule has 10 nitrogen and oxygen atoms in total. The molecule has 2 aliphatic rings. The lowest BCUT2D eigenvalue weighted by atomic mass is 9.95. The fourth-order valence-corrected chi connectivity index (χ4v) is 5.10. The highest BCUT2D eigenvalue weighted by atomic mass is 79.9. The van der Waals surface area contributed by atoms with Crippen LogP contribution in [-0.4, -0.2) is 57.4 Å². The standard InChI is InChI=1S/C25H32BrFN6O4/c1-13-20-19(31-22(28)29-13)10-18(16-8-7-14(27)9-17(16)26)30-21(20)32-36-12-15-11-35-25(5,6)33(15)23(34)37-24(2,3)4/h7-9,15,18H,10-12H2,1-6H3,(H,30,32)(H2,28,29,31). The number of fused-ring (bicyclic) bond motifs is 1. The van der Waals surface area contributed by atoms with Gasteiger partial charge in [-0.15, -0.1) is 0 Å². The number of amidine groups is 1. The predicted molar refractivity (Wildman–Crippen MR) is 139 cm³/mol. The summed E-state index contributed by atoms with van der Waals surface area (Å²) in [6.07, 6.45) is -0.0278. The highest BCUT2D eigenvalue weighted by Crippen LogP contribution is 2.34. The predicted octanol–water partition coefficient (Wildman–Crippen LogP) is 4.21. The number of nitrogens with two attached hydrogens (primary N) is 1. The molecule has 0 aliphatic carbocycles. The van der Waals surface area contributed by atoms with Crippen LogP contribution in [0, 0.1) is 12.7 Å². The normalized spacial score (nSPS) is 20.9. The van der Waals surface area contributed by atoms with E-state index >= 15 is 0 Å². The summed E-state index contributed by atoms with van der Waals surface area (Å²) in [4.78, 5) is 33.9. The number of benzene rings is 1. The minimum Gasteiger partial charge on any atom is -0.444 e. The number of amides is 1. The van der Waals surface area contributed by atoms with Gasteiger partial charge in [-0.2, -0.15) is 0 Å². The lowest BCUT2D eigenvalue weighted by Crippen LogP contribution is -2.51. The molecule has 2 aromatic rings. The van der Waals surface area contributed by atoms with Crippen molar-refractivity contribution in [2.75, 3.05) is 18.9 Å². The van der Waals surface area contributed by atoms with Gasteiger partial charge in [-0.3, -0.25) is 14.7 Å². The van der Waals surface area contributed by atoms with Crippen molar-refractivity contribution in [3.63, 3.8) is 0 Å². The van der Waals surface area contributed by atoms with Crippen molar-refractivity contribution in [2.45, 2.75) is 71.4 Å². The van der Waals surface area contributed by atoms with Crippen LogP contribution in [0.15, 0.2) is 27.7 Å². The van der Waals surface area contributed by atoms with E-state index in [4.69, 9.17) is 25.0 Å². The largest absolute Gasteiger partial charge is 0.444 e. The van der Waals surface area contributed by atoms with Crippen molar-refractivity contribution in [1.29, 1.82) is 0 Å². The number of aryl methyl sites for hydroxylation is 1. The summed E-state index contributed by atoms with van der Waals surface area (Å²) in [5.74, 6) is 0.229. The minimum atomic E-state index is -0.854. The monoisotopic (exact) mass is 578 g/mol. The highest BCUT2D eigenvalue weighted by Gasteiger charge is 2.46. The molecule has 2 unspecified atom stereocenters. The highest BCUT2D eigenvalue weighted by molar-refractivity contribution is 9.10. The second-order valence-corrected chi connectivity index (χ2v) is 11.4. The van der Waals surface area contributed by atoms with E-state index in [1.807, 2.05) is 41.5 Å². The number of anilines is 1. The molecule has 1 saturated heterocycles. The van der Waals surface area contributed by atoms with E-state index < -0.39 is 23.5 Å². The smallest absolute Gasteiger partial charge is 0.412 e. The Morgan fingerprint density at radius 3 is 2.76 bits per heavy atom. The molecular weight excluding hydrogens is 547 g/mol. The molecule has 1 fully saturated rings. The zero-order valence-corrected chi connectivity index (χ0v) is 23.3. The van der Waals surface area contributed by atoms with Crippen molar-refractivity contribution < 1.29 is 23.5 Å². The molecule has 0 bridgehead atoms. The van der Waals surface area contributed by atoms with Crippen LogP contribution >= 0.6 is 15.9 Å². The molecule has 3 N–H and O–H groups in total. The maximum Gasteiger partial charge on any atom is 0.412 e. The summed E-state index contributed by atoms with van der Waals surface area (Å²) in [7, 11) is 0. The number of rotatable bonds is 4. The molecular formula is C25H32BrFN6O4. The minimum absolute atomic E-state index is 0.108. The van der Waals surface area contributed by atoms with Crippen LogP contribution in [0.25, 0.3) is 0 Å². The Morgan fingerprint density at radius 1 is 1.35 bits per heavy atom. The van der Waals surface area contributed by atoms with Gasteiger partial charge in [0, 0.05) is 10.9 Å². The molecule has 2 atom stereocenters. The van der Waals surface area contributed by atoms with Crippen molar-refractivity contribution in [3.8, 4) is 0 Å². The van der Waals surface area contributed by atoms with Gasteiger partial charge < -0.3 is 15.2 Å². The van der Waals surface area contributed by atoms with Crippen molar-refractivity contribution >= 4 is 33.8 Å². The summed E-state index contributed by atoms with van der Waals surface area (Å²) >= 11 is 3.44. The van der Waals surface area contributed by atoms with Crippen LogP contribution in [0.2, 0.25) is 0 Å². The molecule has 3 heterocycles. The molecule has 1 amide bonds. The average Bonchev–Trinajstić information content (AvgIpc) is 3.05. The van der Waals surface area contributed by atoms with E-state index in [0.717, 1.165) is 5.56 Å². The molecule has 0 saturated carbocycles. The summed E-state index contributed by atoms with van der Waals surface area (Å²) in [5, 5.41) is 0. The van der Waals surface area contributed by atoms with Crippen LogP contribution in [0.3, 0.4) is 0 Å². The molecule has 200 valence electrons. The fraction of sp³-hybridized carbons (Fsp3) is 0.520. The van der Waals surface area contributed by atoms with Gasteiger partial charge in [-0.1, -0.05) is 22.0 Å². The van der Waals surface area contributed by atoms with Crippen LogP contribution in [0.1, 0.15) is 63.2 Å². The summed E-state index contributed by atoms with van der Waals surface area (Å²) in [6.45, 7) is 11.3. The van der Waals surface area contributed by atoms with Crippen molar-refractivity contribution in [1.82, 2.24) is 20.3 Å². The number of nitrogen functional groups attached to an aromatic ring is 1. The van der Waals surface area contributed by atoms with E-state index in [1.165, 1.54) is 12.1 Å². The number of ether oxygens (including phenoxy) is 2. The number of hydrogen-bond donors (Lipinski definition) is 2.